The maximum atomic E-state index is 14.0. The molecule has 1 aromatic carbocycles. The minimum atomic E-state index is -3.90. The Morgan fingerprint density at radius 2 is 2.14 bits per heavy atom. The molecule has 0 aliphatic heterocycles. The van der Waals surface area contributed by atoms with Gasteiger partial charge in [0.2, 0.25) is 10.0 Å². The van der Waals surface area contributed by atoms with Crippen molar-refractivity contribution in [2.24, 2.45) is 5.92 Å². The lowest BCUT2D eigenvalue weighted by atomic mass is 10.2. The number of hydrogen-bond donors (Lipinski definition) is 1. The number of nitrogen functional groups attached to an aromatic ring is 1. The first-order chi connectivity index (χ1) is 9.87. The molecule has 2 rings (SSSR count). The van der Waals surface area contributed by atoms with Crippen molar-refractivity contribution in [3.63, 3.8) is 0 Å². The molecule has 7 heteroatoms. The topological polar surface area (TPSA) is 72.6 Å². The van der Waals surface area contributed by atoms with Crippen LogP contribution in [0.25, 0.3) is 0 Å². The summed E-state index contributed by atoms with van der Waals surface area (Å²) in [7, 11) is -2.39. The van der Waals surface area contributed by atoms with Gasteiger partial charge in [-0.05, 0) is 43.9 Å². The normalized spacial score (nSPS) is 17.1. The highest BCUT2D eigenvalue weighted by molar-refractivity contribution is 7.89. The van der Waals surface area contributed by atoms with Crippen LogP contribution in [0.4, 0.5) is 10.1 Å². The molecule has 0 aromatic heterocycles. The van der Waals surface area contributed by atoms with E-state index in [2.05, 4.69) is 0 Å². The van der Waals surface area contributed by atoms with Gasteiger partial charge in [0.25, 0.3) is 0 Å². The van der Waals surface area contributed by atoms with Gasteiger partial charge in [-0.25, -0.2) is 12.8 Å². The van der Waals surface area contributed by atoms with Crippen molar-refractivity contribution in [2.45, 2.75) is 30.7 Å². The molecule has 1 aliphatic rings. The van der Waals surface area contributed by atoms with E-state index in [1.165, 1.54) is 23.5 Å². The minimum absolute atomic E-state index is 0.165. The molecule has 21 heavy (non-hydrogen) atoms. The van der Waals surface area contributed by atoms with Gasteiger partial charge in [0.15, 0.2) is 0 Å². The summed E-state index contributed by atoms with van der Waals surface area (Å²) in [4.78, 5) is -0.333. The van der Waals surface area contributed by atoms with Gasteiger partial charge in [-0.3, -0.25) is 0 Å². The summed E-state index contributed by atoms with van der Waals surface area (Å²) in [5, 5.41) is 0. The summed E-state index contributed by atoms with van der Waals surface area (Å²) in [5.74, 6) is -0.478. The zero-order valence-corrected chi connectivity index (χ0v) is 13.1. The molecule has 1 fully saturated rings. The zero-order chi connectivity index (χ0) is 15.6. The molecule has 0 saturated heterocycles. The second-order valence-corrected chi connectivity index (χ2v) is 7.24. The Balaban J connectivity index is 2.35. The highest BCUT2D eigenvalue weighted by atomic mass is 32.2. The highest BCUT2D eigenvalue weighted by Gasteiger charge is 2.38. The number of rotatable bonds is 7. The lowest BCUT2D eigenvalue weighted by Crippen LogP contribution is -2.42. The fraction of sp³-hybridized carbons (Fsp3) is 0.571. The number of benzene rings is 1. The Labute approximate surface area is 124 Å². The quantitative estimate of drug-likeness (QED) is 0.779. The molecule has 0 spiro atoms. The van der Waals surface area contributed by atoms with Crippen LogP contribution in [0.1, 0.15) is 19.8 Å². The van der Waals surface area contributed by atoms with Gasteiger partial charge in [0.1, 0.15) is 10.7 Å². The molecule has 2 N–H and O–H groups in total. The third kappa shape index (κ3) is 3.53. The van der Waals surface area contributed by atoms with Crippen molar-refractivity contribution >= 4 is 15.7 Å². The van der Waals surface area contributed by atoms with E-state index in [0.29, 0.717) is 5.92 Å². The maximum Gasteiger partial charge on any atom is 0.246 e. The monoisotopic (exact) mass is 316 g/mol. The summed E-state index contributed by atoms with van der Waals surface area (Å²) in [6.07, 6.45) is 2.01. The van der Waals surface area contributed by atoms with Crippen molar-refractivity contribution in [3.8, 4) is 0 Å². The summed E-state index contributed by atoms with van der Waals surface area (Å²) in [6.45, 7) is 2.34. The maximum absolute atomic E-state index is 14.0. The van der Waals surface area contributed by atoms with Gasteiger partial charge in [-0.2, -0.15) is 4.31 Å². The van der Waals surface area contributed by atoms with Gasteiger partial charge in [0, 0.05) is 25.4 Å². The second-order valence-electron chi connectivity index (χ2n) is 5.38. The first-order valence-corrected chi connectivity index (χ1v) is 8.37. The lowest BCUT2D eigenvalue weighted by Gasteiger charge is -2.28. The molecule has 5 nitrogen and oxygen atoms in total. The van der Waals surface area contributed by atoms with Crippen LogP contribution in [0.5, 0.6) is 0 Å². The Hall–Kier alpha value is -1.18. The molecule has 1 unspecified atom stereocenters. The average Bonchev–Trinajstić information content (AvgIpc) is 3.22. The highest BCUT2D eigenvalue weighted by Crippen LogP contribution is 2.37. The predicted molar refractivity (Wildman–Crippen MR) is 78.8 cm³/mol. The van der Waals surface area contributed by atoms with E-state index in [1.54, 1.807) is 0 Å². The van der Waals surface area contributed by atoms with Gasteiger partial charge < -0.3 is 10.5 Å². The molecule has 1 aliphatic carbocycles. The molecular weight excluding hydrogens is 295 g/mol. The van der Waals surface area contributed by atoms with Crippen LogP contribution in [0.3, 0.4) is 0 Å². The lowest BCUT2D eigenvalue weighted by molar-refractivity contribution is 0.164. The first-order valence-electron chi connectivity index (χ1n) is 6.93. The van der Waals surface area contributed by atoms with Crippen LogP contribution in [0.2, 0.25) is 0 Å². The number of ether oxygens (including phenoxy) is 1. The molecule has 1 aromatic rings. The van der Waals surface area contributed by atoms with Gasteiger partial charge in [0.05, 0.1) is 6.61 Å². The molecule has 118 valence electrons. The number of hydrogen-bond acceptors (Lipinski definition) is 4. The number of nitrogens with two attached hydrogens (primary N) is 1. The molecule has 0 heterocycles. The van der Waals surface area contributed by atoms with Crippen LogP contribution in [0.15, 0.2) is 23.1 Å². The van der Waals surface area contributed by atoms with Crippen molar-refractivity contribution < 1.29 is 17.5 Å². The number of halogens is 1. The Bertz CT molecular complexity index is 602. The Kier molecular flexibility index (Phi) is 4.85. The molecule has 0 radical (unpaired) electrons. The summed E-state index contributed by atoms with van der Waals surface area (Å²) < 4.78 is 45.8. The van der Waals surface area contributed by atoms with Crippen molar-refractivity contribution in [2.75, 3.05) is 26.0 Å². The third-order valence-electron chi connectivity index (χ3n) is 3.82. The first kappa shape index (κ1) is 16.2. The second kappa shape index (κ2) is 6.29. The van der Waals surface area contributed by atoms with E-state index in [1.807, 2.05) is 6.92 Å². The number of anilines is 1. The Morgan fingerprint density at radius 3 is 2.67 bits per heavy atom. The third-order valence-corrected chi connectivity index (χ3v) is 5.84. The molecular formula is C14H21FN2O3S. The molecule has 0 bridgehead atoms. The number of sulfonamides is 1. The van der Waals surface area contributed by atoms with Crippen molar-refractivity contribution in [1.29, 1.82) is 0 Å². The fourth-order valence-electron chi connectivity index (χ4n) is 2.39. The van der Waals surface area contributed by atoms with Gasteiger partial charge in [-0.15, -0.1) is 0 Å². The van der Waals surface area contributed by atoms with E-state index in [9.17, 15) is 12.8 Å². The SMILES string of the molecule is COCCN(C(C)C1CC1)S(=O)(=O)c1ccc(N)cc1F. The van der Waals surface area contributed by atoms with E-state index in [-0.39, 0.29) is 29.8 Å². The summed E-state index contributed by atoms with van der Waals surface area (Å²) in [6, 6.07) is 3.48. The van der Waals surface area contributed by atoms with Gasteiger partial charge in [-0.1, -0.05) is 0 Å². The van der Waals surface area contributed by atoms with Gasteiger partial charge >= 0.3 is 0 Å². The minimum Gasteiger partial charge on any atom is -0.399 e. The summed E-state index contributed by atoms with van der Waals surface area (Å²) >= 11 is 0. The van der Waals surface area contributed by atoms with Crippen LogP contribution in [-0.4, -0.2) is 39.0 Å². The molecule has 1 atom stereocenters. The molecule has 1 saturated carbocycles. The van der Waals surface area contributed by atoms with E-state index in [4.69, 9.17) is 10.5 Å². The van der Waals surface area contributed by atoms with Crippen LogP contribution < -0.4 is 5.73 Å². The van der Waals surface area contributed by atoms with Crippen LogP contribution >= 0.6 is 0 Å². The predicted octanol–water partition coefficient (Wildman–Crippen LogP) is 1.84. The largest absolute Gasteiger partial charge is 0.399 e. The van der Waals surface area contributed by atoms with E-state index in [0.717, 1.165) is 18.9 Å². The zero-order valence-electron chi connectivity index (χ0n) is 12.3. The van der Waals surface area contributed by atoms with Crippen LogP contribution in [0, 0.1) is 11.7 Å². The number of nitrogens with zero attached hydrogens (tertiary/aromatic N) is 1. The van der Waals surface area contributed by atoms with E-state index < -0.39 is 15.8 Å². The fourth-order valence-corrected chi connectivity index (χ4v) is 4.11. The Morgan fingerprint density at radius 1 is 1.48 bits per heavy atom. The summed E-state index contributed by atoms with van der Waals surface area (Å²) in [5.41, 5.74) is 5.68. The standard InChI is InChI=1S/C14H21FN2O3S/c1-10(11-3-4-11)17(7-8-20-2)21(18,19)14-6-5-12(16)9-13(14)15/h5-6,9-11H,3-4,7-8,16H2,1-2H3. The average molecular weight is 316 g/mol. The van der Waals surface area contributed by atoms with Crippen LogP contribution in [-0.2, 0) is 14.8 Å². The van der Waals surface area contributed by atoms with Crippen molar-refractivity contribution in [3.05, 3.63) is 24.0 Å². The van der Waals surface area contributed by atoms with Crippen molar-refractivity contribution in [1.82, 2.24) is 4.31 Å². The molecule has 0 amide bonds. The smallest absolute Gasteiger partial charge is 0.246 e. The number of methoxy groups -OCH3 is 1. The van der Waals surface area contributed by atoms with E-state index >= 15 is 0 Å².